The van der Waals surface area contributed by atoms with Crippen LogP contribution in [0.25, 0.3) is 16.9 Å². The summed E-state index contributed by atoms with van der Waals surface area (Å²) in [4.78, 5) is 34.1. The standard InChI is InChI=1S/C29H31F6N5O3/c1-16(2)20-11-21(17-5-7-19(8-6-17)28(30,31)32)37-40-14-22(36-23(20)40)25(42)39-10-9-38(15-26(39,3)4)24(41)18-12-27(43,13-18)29(33,34)35/h5-8,11,14,16,18,43H,9-10,12-13,15H2,1-4H3/t18-,27+. The van der Waals surface area contributed by atoms with E-state index in [4.69, 9.17) is 0 Å². The number of rotatable bonds is 4. The third kappa shape index (κ3) is 5.56. The third-order valence-electron chi connectivity index (χ3n) is 8.31. The number of hydrogen-bond donors (Lipinski definition) is 1. The van der Waals surface area contributed by atoms with Gasteiger partial charge in [0.05, 0.1) is 23.0 Å². The van der Waals surface area contributed by atoms with Crippen LogP contribution in [0.2, 0.25) is 0 Å². The molecular formula is C29H31F6N5O3. The lowest BCUT2D eigenvalue weighted by Gasteiger charge is -2.50. The summed E-state index contributed by atoms with van der Waals surface area (Å²) in [6.07, 6.45) is -9.19. The number of alkyl halides is 6. The average Bonchev–Trinajstić information content (AvgIpc) is 3.32. The largest absolute Gasteiger partial charge is 0.417 e. The number of aromatic nitrogens is 3. The fourth-order valence-corrected chi connectivity index (χ4v) is 5.78. The van der Waals surface area contributed by atoms with Crippen molar-refractivity contribution in [1.29, 1.82) is 0 Å². The Balaban J connectivity index is 1.36. The van der Waals surface area contributed by atoms with Gasteiger partial charge in [-0.3, -0.25) is 9.59 Å². The maximum absolute atomic E-state index is 13.7. The monoisotopic (exact) mass is 611 g/mol. The van der Waals surface area contributed by atoms with Crippen molar-refractivity contribution in [2.24, 2.45) is 5.92 Å². The van der Waals surface area contributed by atoms with Crippen LogP contribution in [0.3, 0.4) is 0 Å². The van der Waals surface area contributed by atoms with Gasteiger partial charge in [0, 0.05) is 36.7 Å². The van der Waals surface area contributed by atoms with Gasteiger partial charge in [0.25, 0.3) is 5.91 Å². The van der Waals surface area contributed by atoms with E-state index in [1.54, 1.807) is 24.8 Å². The van der Waals surface area contributed by atoms with Gasteiger partial charge in [0.15, 0.2) is 11.2 Å². The Labute approximate surface area is 243 Å². The molecule has 8 nitrogen and oxygen atoms in total. The van der Waals surface area contributed by atoms with Crippen molar-refractivity contribution >= 4 is 17.5 Å². The molecule has 2 fully saturated rings. The van der Waals surface area contributed by atoms with E-state index in [9.17, 15) is 41.0 Å². The van der Waals surface area contributed by atoms with Crippen molar-refractivity contribution in [1.82, 2.24) is 24.4 Å². The topological polar surface area (TPSA) is 91.0 Å². The summed E-state index contributed by atoms with van der Waals surface area (Å²) in [6.45, 7) is 7.62. The Morgan fingerprint density at radius 2 is 1.65 bits per heavy atom. The molecule has 1 N–H and O–H groups in total. The molecule has 3 aromatic rings. The first-order valence-electron chi connectivity index (χ1n) is 13.8. The van der Waals surface area contributed by atoms with Crippen LogP contribution in [0, 0.1) is 5.92 Å². The van der Waals surface area contributed by atoms with E-state index in [1.807, 2.05) is 13.8 Å². The number of benzene rings is 1. The Morgan fingerprint density at radius 1 is 1.02 bits per heavy atom. The first-order chi connectivity index (χ1) is 19.8. The van der Waals surface area contributed by atoms with Crippen molar-refractivity contribution in [2.45, 2.75) is 69.9 Å². The van der Waals surface area contributed by atoms with Gasteiger partial charge in [-0.25, -0.2) is 9.50 Å². The Hall–Kier alpha value is -3.68. The fraction of sp³-hybridized carbons (Fsp3) is 0.517. The third-order valence-corrected chi connectivity index (χ3v) is 8.31. The minimum Gasteiger partial charge on any atom is -0.380 e. The van der Waals surface area contributed by atoms with Gasteiger partial charge in [0.1, 0.15) is 5.69 Å². The molecule has 1 saturated heterocycles. The summed E-state index contributed by atoms with van der Waals surface area (Å²) in [5.74, 6) is -1.91. The normalized spacial score (nSPS) is 22.7. The van der Waals surface area contributed by atoms with E-state index in [2.05, 4.69) is 10.1 Å². The number of nitrogens with zero attached hydrogens (tertiary/aromatic N) is 5. The lowest BCUT2D eigenvalue weighted by molar-refractivity contribution is -0.297. The van der Waals surface area contributed by atoms with E-state index in [0.29, 0.717) is 16.9 Å². The van der Waals surface area contributed by atoms with Crippen LogP contribution in [0.15, 0.2) is 36.5 Å². The summed E-state index contributed by atoms with van der Waals surface area (Å²) >= 11 is 0. The Kier molecular flexibility index (Phi) is 7.30. The zero-order valence-electron chi connectivity index (χ0n) is 23.9. The van der Waals surface area contributed by atoms with E-state index in [0.717, 1.165) is 17.7 Å². The highest BCUT2D eigenvalue weighted by Gasteiger charge is 2.63. The number of amides is 2. The highest BCUT2D eigenvalue weighted by atomic mass is 19.4. The number of imidazole rings is 1. The summed E-state index contributed by atoms with van der Waals surface area (Å²) in [6, 6.07) is 6.36. The van der Waals surface area contributed by atoms with Gasteiger partial charge in [0.2, 0.25) is 5.91 Å². The molecule has 1 aromatic carbocycles. The summed E-state index contributed by atoms with van der Waals surface area (Å²) in [7, 11) is 0. The highest BCUT2D eigenvalue weighted by molar-refractivity contribution is 5.94. The lowest BCUT2D eigenvalue weighted by atomic mass is 9.69. The number of hydrogen-bond acceptors (Lipinski definition) is 5. The van der Waals surface area contributed by atoms with Gasteiger partial charge in [-0.1, -0.05) is 26.0 Å². The summed E-state index contributed by atoms with van der Waals surface area (Å²) in [5.41, 5.74) is -2.41. The molecule has 0 bridgehead atoms. The fourth-order valence-electron chi connectivity index (χ4n) is 5.78. The molecule has 14 heteroatoms. The molecular weight excluding hydrogens is 580 g/mol. The number of fused-ring (bicyclic) bond motifs is 1. The van der Waals surface area contributed by atoms with Crippen molar-refractivity contribution in [2.75, 3.05) is 19.6 Å². The number of carbonyl (C=O) groups excluding carboxylic acids is 2. The maximum Gasteiger partial charge on any atom is 0.417 e. The zero-order chi connectivity index (χ0) is 31.7. The molecule has 0 spiro atoms. The van der Waals surface area contributed by atoms with Crippen LogP contribution in [0.5, 0.6) is 0 Å². The van der Waals surface area contributed by atoms with Crippen molar-refractivity contribution in [3.8, 4) is 11.3 Å². The molecule has 0 radical (unpaired) electrons. The van der Waals surface area contributed by atoms with Crippen molar-refractivity contribution in [3.63, 3.8) is 0 Å². The van der Waals surface area contributed by atoms with E-state index in [1.165, 1.54) is 27.7 Å². The molecule has 5 rings (SSSR count). The Morgan fingerprint density at radius 3 is 2.19 bits per heavy atom. The predicted octanol–water partition coefficient (Wildman–Crippen LogP) is 5.30. The van der Waals surface area contributed by atoms with E-state index in [-0.39, 0.29) is 31.2 Å². The second-order valence-corrected chi connectivity index (χ2v) is 12.3. The summed E-state index contributed by atoms with van der Waals surface area (Å²) < 4.78 is 79.6. The number of aliphatic hydroxyl groups is 1. The maximum atomic E-state index is 13.7. The molecule has 0 unspecified atom stereocenters. The molecule has 232 valence electrons. The Bertz CT molecular complexity index is 1560. The first kappa shape index (κ1) is 30.8. The van der Waals surface area contributed by atoms with E-state index >= 15 is 0 Å². The first-order valence-corrected chi connectivity index (χ1v) is 13.8. The molecule has 0 atom stereocenters. The van der Waals surface area contributed by atoms with E-state index < -0.39 is 59.6 Å². The highest BCUT2D eigenvalue weighted by Crippen LogP contribution is 2.49. The number of halogens is 6. The molecule has 1 aliphatic carbocycles. The van der Waals surface area contributed by atoms with Crippen LogP contribution < -0.4 is 0 Å². The van der Waals surface area contributed by atoms with Crippen molar-refractivity contribution < 1.29 is 41.0 Å². The minimum atomic E-state index is -4.80. The molecule has 43 heavy (non-hydrogen) atoms. The van der Waals surface area contributed by atoms with Gasteiger partial charge < -0.3 is 14.9 Å². The quantitative estimate of drug-likeness (QED) is 0.405. The van der Waals surface area contributed by atoms with Gasteiger partial charge >= 0.3 is 12.4 Å². The number of piperazine rings is 1. The zero-order valence-corrected chi connectivity index (χ0v) is 23.9. The molecule has 2 aliphatic rings. The molecule has 1 saturated carbocycles. The minimum absolute atomic E-state index is 0.0587. The van der Waals surface area contributed by atoms with Crippen LogP contribution in [0.4, 0.5) is 26.3 Å². The van der Waals surface area contributed by atoms with Gasteiger partial charge in [-0.15, -0.1) is 0 Å². The lowest BCUT2D eigenvalue weighted by Crippen LogP contribution is -2.65. The van der Waals surface area contributed by atoms with Crippen molar-refractivity contribution in [3.05, 3.63) is 53.3 Å². The van der Waals surface area contributed by atoms with Crippen LogP contribution in [0.1, 0.15) is 68.1 Å². The van der Waals surface area contributed by atoms with Crippen LogP contribution >= 0.6 is 0 Å². The van der Waals surface area contributed by atoms with Crippen LogP contribution in [-0.2, 0) is 11.0 Å². The van der Waals surface area contributed by atoms with Gasteiger partial charge in [-0.05, 0) is 50.8 Å². The number of carbonyl (C=O) groups is 2. The second kappa shape index (κ2) is 10.2. The van der Waals surface area contributed by atoms with Crippen LogP contribution in [-0.4, -0.2) is 78.3 Å². The molecule has 2 aromatic heterocycles. The van der Waals surface area contributed by atoms with Gasteiger partial charge in [-0.2, -0.15) is 31.4 Å². The molecule has 1 aliphatic heterocycles. The molecule has 3 heterocycles. The second-order valence-electron chi connectivity index (χ2n) is 12.3. The predicted molar refractivity (Wildman–Crippen MR) is 143 cm³/mol. The summed E-state index contributed by atoms with van der Waals surface area (Å²) in [5, 5.41) is 14.3. The average molecular weight is 612 g/mol. The smallest absolute Gasteiger partial charge is 0.380 e. The SMILES string of the molecule is CC(C)c1cc(-c2ccc(C(F)(F)F)cc2)nn2cc(C(=O)N3CCN(C(=O)[C@H]4C[C@](O)(C(F)(F)F)C4)CC3(C)C)nc12. The molecule has 2 amide bonds.